The van der Waals surface area contributed by atoms with Crippen molar-refractivity contribution in [2.24, 2.45) is 0 Å². The van der Waals surface area contributed by atoms with E-state index >= 15 is 0 Å². The highest BCUT2D eigenvalue weighted by molar-refractivity contribution is 6.43. The minimum atomic E-state index is 0.376. The van der Waals surface area contributed by atoms with E-state index in [1.807, 2.05) is 19.2 Å². The van der Waals surface area contributed by atoms with Gasteiger partial charge in [-0.15, -0.1) is 0 Å². The number of likely N-dealkylation sites (N-methyl/N-ethyl adjacent to an activating group) is 1. The molecule has 1 aromatic carbocycles. The van der Waals surface area contributed by atoms with Crippen LogP contribution in [0.1, 0.15) is 24.8 Å². The molecule has 0 aliphatic heterocycles. The van der Waals surface area contributed by atoms with Gasteiger partial charge in [-0.05, 0) is 31.0 Å². The molecule has 1 aromatic rings. The van der Waals surface area contributed by atoms with Crippen LogP contribution in [0.25, 0.3) is 0 Å². The van der Waals surface area contributed by atoms with Gasteiger partial charge in [-0.1, -0.05) is 36.2 Å². The minimum absolute atomic E-state index is 0.376. The van der Waals surface area contributed by atoms with E-state index in [9.17, 15) is 0 Å². The monoisotopic (exact) mass is 261 g/mol. The number of rotatable bonds is 5. The summed E-state index contributed by atoms with van der Waals surface area (Å²) in [7, 11) is 3.52. The van der Waals surface area contributed by atoms with Gasteiger partial charge in [0, 0.05) is 6.54 Å². The van der Waals surface area contributed by atoms with E-state index in [0.29, 0.717) is 21.7 Å². The van der Waals surface area contributed by atoms with Crippen LogP contribution >= 0.6 is 23.2 Å². The fraction of sp³-hybridized carbons (Fsp3) is 0.500. The van der Waals surface area contributed by atoms with E-state index in [2.05, 4.69) is 12.2 Å². The molecule has 1 rings (SSSR count). The van der Waals surface area contributed by atoms with E-state index in [0.717, 1.165) is 18.5 Å². The van der Waals surface area contributed by atoms with Crippen LogP contribution in [0.4, 0.5) is 0 Å². The van der Waals surface area contributed by atoms with Gasteiger partial charge in [-0.25, -0.2) is 0 Å². The summed E-state index contributed by atoms with van der Waals surface area (Å²) in [4.78, 5) is 0. The van der Waals surface area contributed by atoms with Crippen LogP contribution in [-0.4, -0.2) is 20.7 Å². The number of ether oxygens (including phenoxy) is 1. The molecule has 0 heterocycles. The molecule has 0 radical (unpaired) electrons. The molecule has 2 nitrogen and oxygen atoms in total. The molecule has 16 heavy (non-hydrogen) atoms. The Balaban J connectivity index is 3.09. The Morgan fingerprint density at radius 2 is 2.00 bits per heavy atom. The van der Waals surface area contributed by atoms with E-state index < -0.39 is 0 Å². The molecule has 0 aliphatic rings. The van der Waals surface area contributed by atoms with Gasteiger partial charge < -0.3 is 10.1 Å². The second-order valence-corrected chi connectivity index (χ2v) is 4.40. The first-order valence-electron chi connectivity index (χ1n) is 5.32. The average molecular weight is 262 g/mol. The molecule has 0 saturated carbocycles. The molecular formula is C12H17Cl2NO. The summed E-state index contributed by atoms with van der Waals surface area (Å²) in [5.41, 5.74) is 1.07. The van der Waals surface area contributed by atoms with Crippen molar-refractivity contribution in [2.45, 2.75) is 19.3 Å². The van der Waals surface area contributed by atoms with Gasteiger partial charge in [0.15, 0.2) is 0 Å². The van der Waals surface area contributed by atoms with Crippen LogP contribution in [0.5, 0.6) is 5.75 Å². The standard InChI is InChI=1S/C12H17Cl2NO/c1-4-8(7-15-2)9-5-6-10(16-3)12(14)11(9)13/h5-6,8,15H,4,7H2,1-3H3. The maximum Gasteiger partial charge on any atom is 0.138 e. The Hall–Kier alpha value is -0.440. The van der Waals surface area contributed by atoms with Crippen LogP contribution in [0.3, 0.4) is 0 Å². The topological polar surface area (TPSA) is 21.3 Å². The van der Waals surface area contributed by atoms with Gasteiger partial charge in [0.1, 0.15) is 10.8 Å². The lowest BCUT2D eigenvalue weighted by atomic mass is 9.96. The summed E-state index contributed by atoms with van der Waals surface area (Å²) in [5.74, 6) is 0.996. The van der Waals surface area contributed by atoms with Crippen molar-refractivity contribution in [2.75, 3.05) is 20.7 Å². The fourth-order valence-corrected chi connectivity index (χ4v) is 2.30. The second-order valence-electron chi connectivity index (χ2n) is 3.65. The van der Waals surface area contributed by atoms with Crippen molar-refractivity contribution in [3.05, 3.63) is 27.7 Å². The predicted molar refractivity (Wildman–Crippen MR) is 70.0 cm³/mol. The van der Waals surface area contributed by atoms with Crippen molar-refractivity contribution in [3.63, 3.8) is 0 Å². The van der Waals surface area contributed by atoms with E-state index in [1.165, 1.54) is 0 Å². The number of benzene rings is 1. The largest absolute Gasteiger partial charge is 0.495 e. The Morgan fingerprint density at radius 3 is 2.50 bits per heavy atom. The Bertz CT molecular complexity index is 355. The Labute approximate surface area is 107 Å². The molecule has 0 spiro atoms. The molecule has 4 heteroatoms. The molecule has 0 aliphatic carbocycles. The van der Waals surface area contributed by atoms with Crippen molar-refractivity contribution in [1.82, 2.24) is 5.32 Å². The maximum absolute atomic E-state index is 6.25. The third kappa shape index (κ3) is 2.82. The predicted octanol–water partition coefficient (Wildman–Crippen LogP) is 3.72. The summed E-state index contributed by atoms with van der Waals surface area (Å²) < 4.78 is 5.12. The molecule has 90 valence electrons. The minimum Gasteiger partial charge on any atom is -0.495 e. The number of halogens is 2. The molecule has 0 fully saturated rings. The highest BCUT2D eigenvalue weighted by atomic mass is 35.5. The summed E-state index contributed by atoms with van der Waals surface area (Å²) in [5, 5.41) is 4.26. The van der Waals surface area contributed by atoms with Gasteiger partial charge in [0.25, 0.3) is 0 Å². The van der Waals surface area contributed by atoms with Crippen LogP contribution in [0, 0.1) is 0 Å². The lowest BCUT2D eigenvalue weighted by Gasteiger charge is -2.18. The van der Waals surface area contributed by atoms with Crippen LogP contribution in [-0.2, 0) is 0 Å². The highest BCUT2D eigenvalue weighted by Gasteiger charge is 2.16. The van der Waals surface area contributed by atoms with Crippen molar-refractivity contribution >= 4 is 23.2 Å². The van der Waals surface area contributed by atoms with Gasteiger partial charge in [0.05, 0.1) is 12.1 Å². The lowest BCUT2D eigenvalue weighted by Crippen LogP contribution is -2.17. The lowest BCUT2D eigenvalue weighted by molar-refractivity contribution is 0.414. The molecule has 0 bridgehead atoms. The molecule has 1 N–H and O–H groups in total. The molecule has 1 atom stereocenters. The fourth-order valence-electron chi connectivity index (χ4n) is 1.74. The van der Waals surface area contributed by atoms with Crippen molar-refractivity contribution in [3.8, 4) is 5.75 Å². The molecule has 0 amide bonds. The normalized spacial score (nSPS) is 12.6. The van der Waals surface area contributed by atoms with Crippen LogP contribution in [0.2, 0.25) is 10.0 Å². The van der Waals surface area contributed by atoms with Crippen LogP contribution in [0.15, 0.2) is 12.1 Å². The summed E-state index contributed by atoms with van der Waals surface area (Å²) in [6, 6.07) is 3.85. The smallest absolute Gasteiger partial charge is 0.138 e. The van der Waals surface area contributed by atoms with E-state index in [4.69, 9.17) is 27.9 Å². The highest BCUT2D eigenvalue weighted by Crippen LogP contribution is 2.38. The van der Waals surface area contributed by atoms with Crippen molar-refractivity contribution in [1.29, 1.82) is 0 Å². The van der Waals surface area contributed by atoms with Crippen molar-refractivity contribution < 1.29 is 4.74 Å². The zero-order chi connectivity index (χ0) is 12.1. The van der Waals surface area contributed by atoms with E-state index in [1.54, 1.807) is 7.11 Å². The molecule has 1 unspecified atom stereocenters. The molecule has 0 saturated heterocycles. The second kappa shape index (κ2) is 6.33. The third-order valence-corrected chi connectivity index (χ3v) is 3.56. The van der Waals surface area contributed by atoms with Crippen LogP contribution < -0.4 is 10.1 Å². The zero-order valence-corrected chi connectivity index (χ0v) is 11.3. The van der Waals surface area contributed by atoms with Gasteiger partial charge in [-0.2, -0.15) is 0 Å². The van der Waals surface area contributed by atoms with E-state index in [-0.39, 0.29) is 0 Å². The number of nitrogens with one attached hydrogen (secondary N) is 1. The summed E-state index contributed by atoms with van der Waals surface area (Å²) in [6.07, 6.45) is 1.02. The summed E-state index contributed by atoms with van der Waals surface area (Å²) in [6.45, 7) is 3.02. The van der Waals surface area contributed by atoms with Gasteiger partial charge >= 0.3 is 0 Å². The summed E-state index contributed by atoms with van der Waals surface area (Å²) >= 11 is 12.4. The zero-order valence-electron chi connectivity index (χ0n) is 9.81. The number of hydrogen-bond donors (Lipinski definition) is 1. The van der Waals surface area contributed by atoms with Gasteiger partial charge in [-0.3, -0.25) is 0 Å². The Morgan fingerprint density at radius 1 is 1.31 bits per heavy atom. The number of hydrogen-bond acceptors (Lipinski definition) is 2. The molecular weight excluding hydrogens is 245 g/mol. The van der Waals surface area contributed by atoms with Gasteiger partial charge in [0.2, 0.25) is 0 Å². The first-order chi connectivity index (χ1) is 7.65. The molecule has 0 aromatic heterocycles. The first-order valence-corrected chi connectivity index (χ1v) is 6.07. The average Bonchev–Trinajstić information content (AvgIpc) is 2.30. The maximum atomic E-state index is 6.25. The third-order valence-electron chi connectivity index (χ3n) is 2.68. The first kappa shape index (κ1) is 13.6. The number of methoxy groups -OCH3 is 1. The Kier molecular flexibility index (Phi) is 5.39. The SMILES string of the molecule is CCC(CNC)c1ccc(OC)c(Cl)c1Cl. The quantitative estimate of drug-likeness (QED) is 0.873.